The van der Waals surface area contributed by atoms with Crippen molar-refractivity contribution in [2.24, 2.45) is 0 Å². The number of sulfone groups is 2. The van der Waals surface area contributed by atoms with Gasteiger partial charge in [-0.2, -0.15) is 0 Å². The normalized spacial score (nSPS) is 14.7. The average molecular weight is 601 g/mol. The van der Waals surface area contributed by atoms with Crippen LogP contribution >= 0.6 is 15.9 Å². The first-order valence-electron chi connectivity index (χ1n) is 11.5. The standard InChI is InChI=1S/C28H26BrNO5S2/c1-19(36(2,32)33)14-20-15-22-7-5-13-30-27(22)26(16-20)21-6-4-8-24(17-21)28(29,18-31)23-9-11-25(12-10-23)37(3,34)35/h4-13,15-19H,14H2,1-3H3. The van der Waals surface area contributed by atoms with E-state index in [1.165, 1.54) is 18.4 Å². The molecule has 2 atom stereocenters. The Labute approximate surface area is 225 Å². The number of carbonyl (C=O) groups is 1. The number of hydrogen-bond donors (Lipinski definition) is 0. The van der Waals surface area contributed by atoms with E-state index in [0.29, 0.717) is 17.5 Å². The summed E-state index contributed by atoms with van der Waals surface area (Å²) in [5.41, 5.74) is 4.52. The van der Waals surface area contributed by atoms with Gasteiger partial charge in [-0.3, -0.25) is 4.98 Å². The largest absolute Gasteiger partial charge is 0.301 e. The number of aldehydes is 1. The second-order valence-corrected chi connectivity index (χ2v) is 15.0. The lowest BCUT2D eigenvalue weighted by molar-refractivity contribution is -0.109. The minimum atomic E-state index is -3.37. The second-order valence-electron chi connectivity index (χ2n) is 9.27. The molecular formula is C28H26BrNO5S2. The van der Waals surface area contributed by atoms with E-state index in [4.69, 9.17) is 0 Å². The average Bonchev–Trinajstić information content (AvgIpc) is 2.87. The Balaban J connectivity index is 1.84. The van der Waals surface area contributed by atoms with Crippen molar-refractivity contribution in [1.82, 2.24) is 4.98 Å². The zero-order chi connectivity index (χ0) is 27.0. The van der Waals surface area contributed by atoms with E-state index >= 15 is 0 Å². The van der Waals surface area contributed by atoms with E-state index < -0.39 is 29.2 Å². The van der Waals surface area contributed by atoms with Crippen LogP contribution in [0.5, 0.6) is 0 Å². The van der Waals surface area contributed by atoms with E-state index in [1.807, 2.05) is 48.5 Å². The molecule has 37 heavy (non-hydrogen) atoms. The predicted molar refractivity (Wildman–Crippen MR) is 151 cm³/mol. The van der Waals surface area contributed by atoms with E-state index in [9.17, 15) is 21.6 Å². The highest BCUT2D eigenvalue weighted by atomic mass is 79.9. The number of aromatic nitrogens is 1. The number of fused-ring (bicyclic) bond motifs is 1. The Morgan fingerprint density at radius 2 is 1.62 bits per heavy atom. The molecule has 0 saturated carbocycles. The molecule has 0 radical (unpaired) electrons. The molecule has 0 bridgehead atoms. The number of halogens is 1. The fourth-order valence-electron chi connectivity index (χ4n) is 4.24. The molecule has 0 saturated heterocycles. The van der Waals surface area contributed by atoms with E-state index in [0.717, 1.165) is 40.1 Å². The van der Waals surface area contributed by atoms with Gasteiger partial charge in [-0.25, -0.2) is 16.8 Å². The van der Waals surface area contributed by atoms with Crippen LogP contribution in [0.25, 0.3) is 22.0 Å². The number of alkyl halides is 1. The quantitative estimate of drug-likeness (QED) is 0.206. The van der Waals surface area contributed by atoms with Gasteiger partial charge in [0.2, 0.25) is 0 Å². The third-order valence-electron chi connectivity index (χ3n) is 6.48. The molecular weight excluding hydrogens is 574 g/mol. The molecule has 2 unspecified atom stereocenters. The van der Waals surface area contributed by atoms with Gasteiger partial charge in [0.25, 0.3) is 0 Å². The Hall–Kier alpha value is -2.88. The summed E-state index contributed by atoms with van der Waals surface area (Å²) in [5, 5.41) is 0.346. The summed E-state index contributed by atoms with van der Waals surface area (Å²) in [5.74, 6) is 0. The van der Waals surface area contributed by atoms with Crippen molar-refractivity contribution in [2.75, 3.05) is 12.5 Å². The number of benzene rings is 3. The van der Waals surface area contributed by atoms with Crippen LogP contribution in [0, 0.1) is 0 Å². The van der Waals surface area contributed by atoms with Crippen molar-refractivity contribution in [3.63, 3.8) is 0 Å². The summed E-state index contributed by atoms with van der Waals surface area (Å²) in [6, 6.07) is 21.4. The van der Waals surface area contributed by atoms with Gasteiger partial charge in [0.1, 0.15) is 20.4 Å². The van der Waals surface area contributed by atoms with Crippen LogP contribution in [0.1, 0.15) is 23.6 Å². The van der Waals surface area contributed by atoms with Gasteiger partial charge in [-0.05, 0) is 72.0 Å². The highest BCUT2D eigenvalue weighted by Gasteiger charge is 2.31. The van der Waals surface area contributed by atoms with Gasteiger partial charge in [-0.1, -0.05) is 52.3 Å². The van der Waals surface area contributed by atoms with Crippen LogP contribution in [-0.2, 0) is 35.2 Å². The first-order chi connectivity index (χ1) is 17.3. The molecule has 3 aromatic carbocycles. The van der Waals surface area contributed by atoms with E-state index in [-0.39, 0.29) is 4.90 Å². The van der Waals surface area contributed by atoms with Crippen molar-refractivity contribution >= 4 is 52.8 Å². The molecule has 0 spiro atoms. The van der Waals surface area contributed by atoms with Gasteiger partial charge < -0.3 is 4.79 Å². The third kappa shape index (κ3) is 5.68. The maximum atomic E-state index is 12.4. The lowest BCUT2D eigenvalue weighted by Crippen LogP contribution is -2.21. The van der Waals surface area contributed by atoms with Gasteiger partial charge in [0.05, 0.1) is 15.7 Å². The molecule has 0 aliphatic heterocycles. The number of nitrogens with zero attached hydrogens (tertiary/aromatic N) is 1. The van der Waals surface area contributed by atoms with Gasteiger partial charge in [-0.15, -0.1) is 0 Å². The lowest BCUT2D eigenvalue weighted by atomic mass is 9.89. The van der Waals surface area contributed by atoms with E-state index in [2.05, 4.69) is 20.9 Å². The van der Waals surface area contributed by atoms with Gasteiger partial charge >= 0.3 is 0 Å². The van der Waals surface area contributed by atoms with Crippen LogP contribution in [-0.4, -0.2) is 45.9 Å². The van der Waals surface area contributed by atoms with Crippen molar-refractivity contribution in [3.05, 3.63) is 95.7 Å². The monoisotopic (exact) mass is 599 g/mol. The third-order valence-corrected chi connectivity index (χ3v) is 10.3. The molecule has 1 heterocycles. The maximum Gasteiger partial charge on any atom is 0.175 e. The van der Waals surface area contributed by atoms with Gasteiger partial charge in [0.15, 0.2) is 9.84 Å². The number of rotatable bonds is 8. The van der Waals surface area contributed by atoms with Crippen molar-refractivity contribution in [3.8, 4) is 11.1 Å². The Kier molecular flexibility index (Phi) is 7.43. The van der Waals surface area contributed by atoms with Crippen LogP contribution in [0.2, 0.25) is 0 Å². The van der Waals surface area contributed by atoms with Crippen LogP contribution in [0.3, 0.4) is 0 Å². The predicted octanol–water partition coefficient (Wildman–Crippen LogP) is 5.12. The molecule has 1 aromatic heterocycles. The molecule has 0 aliphatic carbocycles. The topological polar surface area (TPSA) is 98.2 Å². The molecule has 4 rings (SSSR count). The summed E-state index contributed by atoms with van der Waals surface area (Å²) in [4.78, 5) is 17.1. The molecule has 0 aliphatic rings. The fraction of sp³-hybridized carbons (Fsp3) is 0.214. The van der Waals surface area contributed by atoms with Crippen LogP contribution in [0.4, 0.5) is 0 Å². The first-order valence-corrected chi connectivity index (χ1v) is 16.1. The highest BCUT2D eigenvalue weighted by molar-refractivity contribution is 9.10. The first kappa shape index (κ1) is 27.2. The van der Waals surface area contributed by atoms with Crippen molar-refractivity contribution in [2.45, 2.75) is 27.8 Å². The molecule has 0 amide bonds. The number of carbonyl (C=O) groups excluding carboxylic acids is 1. The molecule has 4 aromatic rings. The Morgan fingerprint density at radius 1 is 0.919 bits per heavy atom. The van der Waals surface area contributed by atoms with Gasteiger partial charge in [0, 0.05) is 29.7 Å². The SMILES string of the molecule is CC(Cc1cc(-c2cccc(C(Br)(C=O)c3ccc(S(C)(=O)=O)cc3)c2)c2ncccc2c1)S(C)(=O)=O. The molecule has 192 valence electrons. The Bertz CT molecular complexity index is 1700. The molecule has 6 nitrogen and oxygen atoms in total. The van der Waals surface area contributed by atoms with Crippen molar-refractivity contribution in [1.29, 1.82) is 0 Å². The number of pyridine rings is 1. The highest BCUT2D eigenvalue weighted by Crippen LogP contribution is 2.39. The molecule has 0 N–H and O–H groups in total. The zero-order valence-electron chi connectivity index (χ0n) is 20.6. The smallest absolute Gasteiger partial charge is 0.175 e. The molecule has 0 fully saturated rings. The number of hydrogen-bond acceptors (Lipinski definition) is 6. The fourth-order valence-corrected chi connectivity index (χ4v) is 5.87. The summed E-state index contributed by atoms with van der Waals surface area (Å²) in [7, 11) is -6.57. The van der Waals surface area contributed by atoms with Crippen molar-refractivity contribution < 1.29 is 21.6 Å². The summed E-state index contributed by atoms with van der Waals surface area (Å²) in [6.45, 7) is 1.70. The lowest BCUT2D eigenvalue weighted by Gasteiger charge is -2.23. The minimum absolute atomic E-state index is 0.170. The van der Waals surface area contributed by atoms with Crippen LogP contribution < -0.4 is 0 Å². The minimum Gasteiger partial charge on any atom is -0.301 e. The summed E-state index contributed by atoms with van der Waals surface area (Å²) in [6.07, 6.45) is 5.22. The molecule has 9 heteroatoms. The summed E-state index contributed by atoms with van der Waals surface area (Å²) < 4.78 is 46.7. The second kappa shape index (κ2) is 10.1. The van der Waals surface area contributed by atoms with E-state index in [1.54, 1.807) is 25.3 Å². The van der Waals surface area contributed by atoms with Crippen LogP contribution in [0.15, 0.2) is 83.9 Å². The maximum absolute atomic E-state index is 12.4. The summed E-state index contributed by atoms with van der Waals surface area (Å²) >= 11 is 3.60. The zero-order valence-corrected chi connectivity index (χ0v) is 23.8. The Morgan fingerprint density at radius 3 is 2.24 bits per heavy atom.